The van der Waals surface area contributed by atoms with Crippen molar-refractivity contribution >= 4 is 25.7 Å². The number of hydrogen-bond donors (Lipinski definition) is 2. The van der Waals surface area contributed by atoms with Crippen molar-refractivity contribution in [1.82, 2.24) is 0 Å². The van der Waals surface area contributed by atoms with E-state index in [1.807, 2.05) is 0 Å². The van der Waals surface area contributed by atoms with Gasteiger partial charge in [0.15, 0.2) is 6.10 Å². The van der Waals surface area contributed by atoms with E-state index in [0.29, 0.717) is 19.3 Å². The predicted octanol–water partition coefficient (Wildman–Crippen LogP) is 19.8. The molecule has 0 bridgehead atoms. The Labute approximate surface area is 490 Å². The molecule has 2 N–H and O–H groups in total. The maximum atomic E-state index is 13.0. The molecule has 3 unspecified atom stereocenters. The standard InChI is InChI=1S/C68H119O11P/c1-4-7-10-13-16-19-22-25-28-30-32-34-37-40-43-46-49-52-55-58-67(71)78-64(60-69)62-76-80(73,74)77-63-65(61-75-66(70)57-54-51-48-45-42-39-36-27-24-21-18-15-12-9-6-3)79-68(72)59-56-53-50-47-44-41-38-35-33-31-29-26-23-20-17-14-11-8-5-2/h9,12,16-21,25-29,36,64-65,69H,4-8,10-11,13-15,22-24,30-35,37-63H2,1-3H3,(H,73,74)/b12-9-,19-16-,20-17-,21-18-,28-25-,29-26-,36-27-. The number of aliphatic hydroxyl groups is 1. The Morgan fingerprint density at radius 2 is 0.650 bits per heavy atom. The van der Waals surface area contributed by atoms with Gasteiger partial charge in [-0.2, -0.15) is 0 Å². The van der Waals surface area contributed by atoms with Crippen LogP contribution in [0.2, 0.25) is 0 Å². The van der Waals surface area contributed by atoms with Crippen LogP contribution < -0.4 is 0 Å². The van der Waals surface area contributed by atoms with Gasteiger partial charge >= 0.3 is 25.7 Å². The van der Waals surface area contributed by atoms with Crippen molar-refractivity contribution in [2.75, 3.05) is 26.4 Å². The van der Waals surface area contributed by atoms with E-state index < -0.39 is 57.8 Å². The number of hydrogen-bond acceptors (Lipinski definition) is 10. The lowest BCUT2D eigenvalue weighted by molar-refractivity contribution is -0.161. The van der Waals surface area contributed by atoms with Crippen LogP contribution >= 0.6 is 7.82 Å². The molecular formula is C68H119O11P. The summed E-state index contributed by atoms with van der Waals surface area (Å²) in [4.78, 5) is 48.8. The van der Waals surface area contributed by atoms with Crippen molar-refractivity contribution in [3.05, 3.63) is 85.1 Å². The van der Waals surface area contributed by atoms with Crippen LogP contribution in [-0.4, -0.2) is 66.5 Å². The molecule has 0 saturated carbocycles. The molecule has 0 fully saturated rings. The van der Waals surface area contributed by atoms with Crippen LogP contribution in [0.15, 0.2) is 85.1 Å². The maximum absolute atomic E-state index is 13.0. The predicted molar refractivity (Wildman–Crippen MR) is 334 cm³/mol. The van der Waals surface area contributed by atoms with Crippen molar-refractivity contribution in [2.45, 2.75) is 303 Å². The summed E-state index contributed by atoms with van der Waals surface area (Å²) >= 11 is 0. The molecule has 11 nitrogen and oxygen atoms in total. The first kappa shape index (κ1) is 76.7. The number of aliphatic hydroxyl groups excluding tert-OH is 1. The Kier molecular flexibility index (Phi) is 59.1. The van der Waals surface area contributed by atoms with Gasteiger partial charge in [0.05, 0.1) is 19.8 Å². The van der Waals surface area contributed by atoms with Crippen LogP contribution in [0.1, 0.15) is 290 Å². The summed E-state index contributed by atoms with van der Waals surface area (Å²) < 4.78 is 39.7. The normalized spacial score (nSPS) is 13.8. The van der Waals surface area contributed by atoms with Gasteiger partial charge in [0, 0.05) is 19.3 Å². The third kappa shape index (κ3) is 59.3. The molecule has 0 aliphatic carbocycles. The molecule has 0 radical (unpaired) electrons. The van der Waals surface area contributed by atoms with E-state index >= 15 is 0 Å². The van der Waals surface area contributed by atoms with Gasteiger partial charge in [-0.3, -0.25) is 23.4 Å². The number of esters is 3. The fraction of sp³-hybridized carbons (Fsp3) is 0.750. The first-order valence-corrected chi connectivity index (χ1v) is 34.0. The van der Waals surface area contributed by atoms with Crippen molar-refractivity contribution in [3.8, 4) is 0 Å². The van der Waals surface area contributed by atoms with Crippen molar-refractivity contribution < 1.29 is 52.2 Å². The summed E-state index contributed by atoms with van der Waals surface area (Å²) in [5.74, 6) is -1.49. The minimum Gasteiger partial charge on any atom is -0.462 e. The van der Waals surface area contributed by atoms with E-state index in [-0.39, 0.29) is 25.9 Å². The van der Waals surface area contributed by atoms with Gasteiger partial charge in [0.25, 0.3) is 0 Å². The van der Waals surface area contributed by atoms with E-state index in [4.69, 9.17) is 23.3 Å². The van der Waals surface area contributed by atoms with Gasteiger partial charge < -0.3 is 24.2 Å². The molecule has 3 atom stereocenters. The zero-order valence-corrected chi connectivity index (χ0v) is 52.2. The molecule has 0 aliphatic heterocycles. The smallest absolute Gasteiger partial charge is 0.462 e. The average Bonchev–Trinajstić information content (AvgIpc) is 3.45. The summed E-state index contributed by atoms with van der Waals surface area (Å²) in [7, 11) is -4.76. The number of phosphoric ester groups is 1. The monoisotopic (exact) mass is 1140 g/mol. The molecule has 12 heteroatoms. The molecule has 0 amide bonds. The lowest BCUT2D eigenvalue weighted by Gasteiger charge is -2.21. The van der Waals surface area contributed by atoms with E-state index in [0.717, 1.165) is 116 Å². The zero-order valence-electron chi connectivity index (χ0n) is 51.3. The summed E-state index contributed by atoms with van der Waals surface area (Å²) in [6, 6.07) is 0. The molecule has 80 heavy (non-hydrogen) atoms. The van der Waals surface area contributed by atoms with Crippen LogP contribution in [0.5, 0.6) is 0 Å². The first-order chi connectivity index (χ1) is 39.2. The number of ether oxygens (including phenoxy) is 3. The fourth-order valence-corrected chi connectivity index (χ4v) is 9.63. The second-order valence-electron chi connectivity index (χ2n) is 21.5. The lowest BCUT2D eigenvalue weighted by atomic mass is 10.1. The first-order valence-electron chi connectivity index (χ1n) is 32.5. The summed E-state index contributed by atoms with van der Waals surface area (Å²) in [6.07, 6.45) is 72.4. The lowest BCUT2D eigenvalue weighted by Crippen LogP contribution is -2.30. The van der Waals surface area contributed by atoms with E-state index in [9.17, 15) is 28.9 Å². The Bertz CT molecular complexity index is 1670. The third-order valence-electron chi connectivity index (χ3n) is 13.8. The van der Waals surface area contributed by atoms with Crippen molar-refractivity contribution in [1.29, 1.82) is 0 Å². The van der Waals surface area contributed by atoms with Gasteiger partial charge in [-0.1, -0.05) is 241 Å². The van der Waals surface area contributed by atoms with Gasteiger partial charge in [-0.15, -0.1) is 0 Å². The molecule has 0 aromatic rings. The van der Waals surface area contributed by atoms with Gasteiger partial charge in [-0.25, -0.2) is 4.57 Å². The highest BCUT2D eigenvalue weighted by Crippen LogP contribution is 2.43. The molecule has 0 spiro atoms. The van der Waals surface area contributed by atoms with Crippen LogP contribution in [-0.2, 0) is 42.2 Å². The summed E-state index contributed by atoms with van der Waals surface area (Å²) in [5.41, 5.74) is 0. The third-order valence-corrected chi connectivity index (χ3v) is 14.7. The molecule has 0 heterocycles. The largest absolute Gasteiger partial charge is 0.472 e. The number of allylic oxidation sites excluding steroid dienone is 14. The Hall–Kier alpha value is -3.34. The van der Waals surface area contributed by atoms with E-state index in [2.05, 4.69) is 106 Å². The fourth-order valence-electron chi connectivity index (χ4n) is 8.84. The zero-order chi connectivity index (χ0) is 58.3. The number of unbranched alkanes of at least 4 members (excludes halogenated alkanes) is 29. The summed E-state index contributed by atoms with van der Waals surface area (Å²) in [6.45, 7) is 4.49. The highest BCUT2D eigenvalue weighted by Gasteiger charge is 2.28. The SMILES string of the molecule is CC/C=C\C/C=C\C/C=C\CCCCCCCC(=O)OCC(COP(=O)(O)OCC(CO)OC(=O)CCCCCCCCCCC/C=C\C/C=C\CCCCC)OC(=O)CCCCCCCCCCC/C=C\C/C=C\CCCCC. The minimum atomic E-state index is -4.76. The molecular weight excluding hydrogens is 1020 g/mol. The van der Waals surface area contributed by atoms with Crippen LogP contribution in [0.3, 0.4) is 0 Å². The van der Waals surface area contributed by atoms with Gasteiger partial charge in [-0.05, 0) is 116 Å². The number of carbonyl (C=O) groups excluding carboxylic acids is 3. The second kappa shape index (κ2) is 61.7. The topological polar surface area (TPSA) is 155 Å². The van der Waals surface area contributed by atoms with Crippen molar-refractivity contribution in [2.24, 2.45) is 0 Å². The minimum absolute atomic E-state index is 0.156. The highest BCUT2D eigenvalue weighted by atomic mass is 31.2. The van der Waals surface area contributed by atoms with E-state index in [1.165, 1.54) is 116 Å². The van der Waals surface area contributed by atoms with E-state index in [1.54, 1.807) is 0 Å². The van der Waals surface area contributed by atoms with Crippen LogP contribution in [0, 0.1) is 0 Å². The Balaban J connectivity index is 4.69. The molecule has 462 valence electrons. The summed E-state index contributed by atoms with van der Waals surface area (Å²) in [5, 5.41) is 9.86. The highest BCUT2D eigenvalue weighted by molar-refractivity contribution is 7.47. The second-order valence-corrected chi connectivity index (χ2v) is 23.0. The van der Waals surface area contributed by atoms with Crippen LogP contribution in [0.25, 0.3) is 0 Å². The molecule has 0 aliphatic rings. The van der Waals surface area contributed by atoms with Crippen LogP contribution in [0.4, 0.5) is 0 Å². The molecule has 0 rings (SSSR count). The van der Waals surface area contributed by atoms with Crippen molar-refractivity contribution in [3.63, 3.8) is 0 Å². The average molecular weight is 1140 g/mol. The quantitative estimate of drug-likeness (QED) is 0.0197. The number of carbonyl (C=O) groups is 3. The number of rotatable bonds is 60. The Morgan fingerprint density at radius 1 is 0.362 bits per heavy atom. The number of phosphoric acid groups is 1. The van der Waals surface area contributed by atoms with Gasteiger partial charge in [0.1, 0.15) is 12.7 Å². The molecule has 0 aromatic carbocycles. The Morgan fingerprint density at radius 3 is 1.00 bits per heavy atom. The maximum Gasteiger partial charge on any atom is 0.472 e. The van der Waals surface area contributed by atoms with Gasteiger partial charge in [0.2, 0.25) is 0 Å². The molecule has 0 aromatic heterocycles. The molecule has 0 saturated heterocycles.